The number of carbonyl (C=O) groups is 1. The molecule has 0 radical (unpaired) electrons. The number of para-hydroxylation sites is 1. The van der Waals surface area contributed by atoms with Gasteiger partial charge in [0, 0.05) is 21.8 Å². The van der Waals surface area contributed by atoms with Crippen LogP contribution < -0.4 is 0 Å². The molecule has 2 aromatic carbocycles. The zero-order valence-electron chi connectivity index (χ0n) is 14.6. The van der Waals surface area contributed by atoms with Crippen LogP contribution in [0, 0.1) is 11.3 Å². The van der Waals surface area contributed by atoms with Crippen molar-refractivity contribution in [2.24, 2.45) is 0 Å². The molecule has 1 heterocycles. The fourth-order valence-corrected chi connectivity index (χ4v) is 2.80. The summed E-state index contributed by atoms with van der Waals surface area (Å²) in [6.07, 6.45) is 3.31. The first-order valence-corrected chi connectivity index (χ1v) is 9.11. The van der Waals surface area contributed by atoms with Crippen LogP contribution in [0.2, 0.25) is 0 Å². The number of nitrogens with zero attached hydrogens (tertiary/aromatic N) is 3. The summed E-state index contributed by atoms with van der Waals surface area (Å²) < 4.78 is 7.64. The second-order valence-corrected chi connectivity index (χ2v) is 6.53. The van der Waals surface area contributed by atoms with Gasteiger partial charge in [0.2, 0.25) is 0 Å². The summed E-state index contributed by atoms with van der Waals surface area (Å²) >= 11 is 3.42. The minimum absolute atomic E-state index is 0.0668. The van der Waals surface area contributed by atoms with Gasteiger partial charge >= 0.3 is 5.97 Å². The average Bonchev–Trinajstić information content (AvgIpc) is 3.11. The number of nitriles is 1. The van der Waals surface area contributed by atoms with Crippen LogP contribution in [0.15, 0.2) is 70.8 Å². The molecule has 0 spiro atoms. The molecule has 0 fully saturated rings. The Balaban J connectivity index is 2.13. The van der Waals surface area contributed by atoms with Crippen LogP contribution in [0.4, 0.5) is 0 Å². The lowest BCUT2D eigenvalue weighted by Gasteiger charge is -2.01. The first kappa shape index (κ1) is 18.6. The van der Waals surface area contributed by atoms with E-state index < -0.39 is 5.97 Å². The Kier molecular flexibility index (Phi) is 5.84. The van der Waals surface area contributed by atoms with Gasteiger partial charge in [-0.05, 0) is 37.3 Å². The first-order valence-electron chi connectivity index (χ1n) is 8.32. The maximum absolute atomic E-state index is 12.0. The number of ether oxygens (including phenoxy) is 1. The molecule has 1 aromatic heterocycles. The molecular weight excluding hydrogens is 406 g/mol. The van der Waals surface area contributed by atoms with Crippen LogP contribution in [0.3, 0.4) is 0 Å². The summed E-state index contributed by atoms with van der Waals surface area (Å²) in [4.78, 5) is 12.0. The molecule has 0 aliphatic heterocycles. The Labute approximate surface area is 165 Å². The van der Waals surface area contributed by atoms with Crippen molar-refractivity contribution in [2.75, 3.05) is 6.61 Å². The molecule has 3 rings (SSSR count). The van der Waals surface area contributed by atoms with Crippen molar-refractivity contribution < 1.29 is 9.53 Å². The number of halogens is 1. The maximum Gasteiger partial charge on any atom is 0.348 e. The highest BCUT2D eigenvalue weighted by atomic mass is 79.9. The van der Waals surface area contributed by atoms with Gasteiger partial charge in [0.1, 0.15) is 11.6 Å². The third-order valence-electron chi connectivity index (χ3n) is 3.80. The zero-order chi connectivity index (χ0) is 19.2. The molecule has 0 N–H and O–H groups in total. The number of esters is 1. The fraction of sp³-hybridized carbons (Fsp3) is 0.0952. The van der Waals surface area contributed by atoms with Gasteiger partial charge in [0.05, 0.1) is 18.0 Å². The lowest BCUT2D eigenvalue weighted by Crippen LogP contribution is -2.06. The van der Waals surface area contributed by atoms with Crippen LogP contribution in [0.5, 0.6) is 0 Å². The molecule has 0 aliphatic carbocycles. The molecule has 0 amide bonds. The monoisotopic (exact) mass is 421 g/mol. The molecule has 5 nitrogen and oxygen atoms in total. The third kappa shape index (κ3) is 4.33. The van der Waals surface area contributed by atoms with Gasteiger partial charge in [-0.15, -0.1) is 0 Å². The molecule has 6 heteroatoms. The number of hydrogen-bond donors (Lipinski definition) is 0. The normalized spacial score (nSPS) is 11.1. The molecule has 0 aliphatic rings. The molecule has 27 heavy (non-hydrogen) atoms. The van der Waals surface area contributed by atoms with Crippen molar-refractivity contribution in [2.45, 2.75) is 6.92 Å². The molecule has 0 saturated carbocycles. The fourth-order valence-electron chi connectivity index (χ4n) is 2.54. The molecule has 0 saturated heterocycles. The van der Waals surface area contributed by atoms with Gasteiger partial charge in [-0.3, -0.25) is 0 Å². The third-order valence-corrected chi connectivity index (χ3v) is 4.33. The van der Waals surface area contributed by atoms with E-state index in [9.17, 15) is 10.1 Å². The van der Waals surface area contributed by atoms with Gasteiger partial charge in [-0.25, -0.2) is 9.48 Å². The van der Waals surface area contributed by atoms with E-state index in [4.69, 9.17) is 4.74 Å². The van der Waals surface area contributed by atoms with Crippen molar-refractivity contribution in [3.05, 3.63) is 76.4 Å². The highest BCUT2D eigenvalue weighted by Gasteiger charge is 2.15. The van der Waals surface area contributed by atoms with Gasteiger partial charge in [-0.2, -0.15) is 10.4 Å². The van der Waals surface area contributed by atoms with Crippen LogP contribution in [-0.4, -0.2) is 22.4 Å². The predicted octanol–water partition coefficient (Wildman–Crippen LogP) is 4.77. The zero-order valence-corrected chi connectivity index (χ0v) is 16.2. The number of aromatic nitrogens is 2. The standard InChI is InChI=1S/C21H16BrN3O2/c1-2-27-21(26)16(13-23)12-17-14-25(19-6-4-3-5-7-19)24-20(17)15-8-10-18(22)11-9-15/h3-12,14H,2H2,1H3/b16-12+. The van der Waals surface area contributed by atoms with Crippen molar-refractivity contribution in [1.29, 1.82) is 5.26 Å². The molecular formula is C21H16BrN3O2. The second-order valence-electron chi connectivity index (χ2n) is 5.61. The van der Waals surface area contributed by atoms with E-state index in [0.29, 0.717) is 11.3 Å². The summed E-state index contributed by atoms with van der Waals surface area (Å²) in [5.74, 6) is -0.644. The minimum Gasteiger partial charge on any atom is -0.462 e. The second kappa shape index (κ2) is 8.47. The van der Waals surface area contributed by atoms with Crippen LogP contribution in [-0.2, 0) is 9.53 Å². The number of rotatable bonds is 5. The molecule has 0 unspecified atom stereocenters. The highest BCUT2D eigenvalue weighted by molar-refractivity contribution is 9.10. The topological polar surface area (TPSA) is 67.9 Å². The molecule has 134 valence electrons. The van der Waals surface area contributed by atoms with E-state index in [1.165, 1.54) is 6.08 Å². The summed E-state index contributed by atoms with van der Waals surface area (Å²) in [6, 6.07) is 19.2. The molecule has 3 aromatic rings. The maximum atomic E-state index is 12.0. The number of hydrogen-bond acceptors (Lipinski definition) is 4. The van der Waals surface area contributed by atoms with E-state index in [2.05, 4.69) is 21.0 Å². The Bertz CT molecular complexity index is 1020. The van der Waals surface area contributed by atoms with Crippen LogP contribution in [0.25, 0.3) is 23.0 Å². The van der Waals surface area contributed by atoms with Crippen molar-refractivity contribution in [3.8, 4) is 23.0 Å². The molecule has 0 bridgehead atoms. The lowest BCUT2D eigenvalue weighted by atomic mass is 10.1. The lowest BCUT2D eigenvalue weighted by molar-refractivity contribution is -0.137. The van der Waals surface area contributed by atoms with E-state index in [1.54, 1.807) is 17.8 Å². The molecule has 0 atom stereocenters. The Morgan fingerprint density at radius 3 is 2.56 bits per heavy atom. The van der Waals surface area contributed by atoms with Crippen molar-refractivity contribution in [1.82, 2.24) is 9.78 Å². The smallest absolute Gasteiger partial charge is 0.348 e. The van der Waals surface area contributed by atoms with Crippen LogP contribution >= 0.6 is 15.9 Å². The Morgan fingerprint density at radius 2 is 1.93 bits per heavy atom. The quantitative estimate of drug-likeness (QED) is 0.338. The van der Waals surface area contributed by atoms with Gasteiger partial charge in [-0.1, -0.05) is 46.3 Å². The number of carbonyl (C=O) groups excluding carboxylic acids is 1. The summed E-state index contributed by atoms with van der Waals surface area (Å²) in [6.45, 7) is 1.91. The first-order chi connectivity index (χ1) is 13.1. The summed E-state index contributed by atoms with van der Waals surface area (Å²) in [7, 11) is 0. The van der Waals surface area contributed by atoms with Gasteiger partial charge < -0.3 is 4.74 Å². The predicted molar refractivity (Wildman–Crippen MR) is 107 cm³/mol. The van der Waals surface area contributed by atoms with Gasteiger partial charge in [0.15, 0.2) is 0 Å². The number of benzene rings is 2. The largest absolute Gasteiger partial charge is 0.462 e. The van der Waals surface area contributed by atoms with E-state index >= 15 is 0 Å². The van der Waals surface area contributed by atoms with E-state index in [0.717, 1.165) is 15.7 Å². The van der Waals surface area contributed by atoms with Crippen molar-refractivity contribution >= 4 is 28.0 Å². The minimum atomic E-state index is -0.644. The van der Waals surface area contributed by atoms with E-state index in [-0.39, 0.29) is 12.2 Å². The van der Waals surface area contributed by atoms with Gasteiger partial charge in [0.25, 0.3) is 0 Å². The Morgan fingerprint density at radius 1 is 1.22 bits per heavy atom. The van der Waals surface area contributed by atoms with Crippen LogP contribution in [0.1, 0.15) is 12.5 Å². The summed E-state index contributed by atoms with van der Waals surface area (Å²) in [5, 5.41) is 14.0. The highest BCUT2D eigenvalue weighted by Crippen LogP contribution is 2.27. The van der Waals surface area contributed by atoms with E-state index in [1.807, 2.05) is 60.7 Å². The average molecular weight is 422 g/mol. The SMILES string of the molecule is CCOC(=O)/C(C#N)=C/c1cn(-c2ccccc2)nc1-c1ccc(Br)cc1. The Hall–Kier alpha value is -3.17. The van der Waals surface area contributed by atoms with Crippen molar-refractivity contribution in [3.63, 3.8) is 0 Å². The summed E-state index contributed by atoms with van der Waals surface area (Å²) in [5.41, 5.74) is 3.02.